The Morgan fingerprint density at radius 2 is 1.78 bits per heavy atom. The van der Waals surface area contributed by atoms with Crippen molar-refractivity contribution in [1.29, 1.82) is 0 Å². The number of non-ortho nitro benzene ring substituents is 1. The van der Waals surface area contributed by atoms with Crippen LogP contribution in [0.4, 0.5) is 11.4 Å². The summed E-state index contributed by atoms with van der Waals surface area (Å²) < 4.78 is 0. The van der Waals surface area contributed by atoms with Crippen LogP contribution in [0, 0.1) is 16.0 Å². The lowest BCUT2D eigenvalue weighted by Crippen LogP contribution is -2.32. The van der Waals surface area contributed by atoms with Gasteiger partial charge in [-0.15, -0.1) is 0 Å². The van der Waals surface area contributed by atoms with E-state index in [2.05, 4.69) is 12.2 Å². The molecule has 3 rings (SSSR count). The average Bonchev–Trinajstić information content (AvgIpc) is 3.08. The van der Waals surface area contributed by atoms with Crippen molar-refractivity contribution in [1.82, 2.24) is 5.32 Å². The van der Waals surface area contributed by atoms with Crippen LogP contribution in [-0.4, -0.2) is 23.3 Å². The van der Waals surface area contributed by atoms with Crippen molar-refractivity contribution in [2.24, 2.45) is 5.92 Å². The molecule has 0 aliphatic carbocycles. The van der Waals surface area contributed by atoms with Crippen molar-refractivity contribution < 1.29 is 14.5 Å². The standard InChI is InChI=1S/C20H21N3O4/c1-2-14-3-7-17(8-4-14)22-13-16(11-19(22)24)20(25)21-12-15-5-9-18(10-6-15)23(26)27/h3-10,16H,2,11-13H2,1H3,(H,21,25). The number of rotatable bonds is 6. The number of carbonyl (C=O) groups is 2. The van der Waals surface area contributed by atoms with E-state index in [4.69, 9.17) is 0 Å². The van der Waals surface area contributed by atoms with Gasteiger partial charge >= 0.3 is 0 Å². The lowest BCUT2D eigenvalue weighted by atomic mass is 10.1. The molecule has 1 unspecified atom stereocenters. The van der Waals surface area contributed by atoms with Gasteiger partial charge in [0.05, 0.1) is 10.8 Å². The largest absolute Gasteiger partial charge is 0.352 e. The number of nitrogens with one attached hydrogen (secondary N) is 1. The first-order valence-corrected chi connectivity index (χ1v) is 8.88. The van der Waals surface area contributed by atoms with E-state index in [0.717, 1.165) is 17.7 Å². The van der Waals surface area contributed by atoms with Crippen LogP contribution in [0.25, 0.3) is 0 Å². The van der Waals surface area contributed by atoms with Gasteiger partial charge in [0.2, 0.25) is 11.8 Å². The Kier molecular flexibility index (Phi) is 5.49. The van der Waals surface area contributed by atoms with Gasteiger partial charge in [0.1, 0.15) is 0 Å². The molecule has 7 nitrogen and oxygen atoms in total. The van der Waals surface area contributed by atoms with Gasteiger partial charge in [0, 0.05) is 37.3 Å². The maximum Gasteiger partial charge on any atom is 0.269 e. The number of hydrogen-bond donors (Lipinski definition) is 1. The molecule has 1 atom stereocenters. The summed E-state index contributed by atoms with van der Waals surface area (Å²) in [6.07, 6.45) is 1.11. The number of benzene rings is 2. The summed E-state index contributed by atoms with van der Waals surface area (Å²) in [7, 11) is 0. The normalized spacial score (nSPS) is 16.4. The molecule has 27 heavy (non-hydrogen) atoms. The predicted molar refractivity (Wildman–Crippen MR) is 101 cm³/mol. The van der Waals surface area contributed by atoms with Crippen molar-refractivity contribution >= 4 is 23.2 Å². The molecule has 1 saturated heterocycles. The molecule has 1 fully saturated rings. The molecule has 0 aromatic heterocycles. The van der Waals surface area contributed by atoms with Crippen molar-refractivity contribution in [3.8, 4) is 0 Å². The monoisotopic (exact) mass is 367 g/mol. The van der Waals surface area contributed by atoms with E-state index in [1.807, 2.05) is 24.3 Å². The first kappa shape index (κ1) is 18.6. The fraction of sp³-hybridized carbons (Fsp3) is 0.300. The Hall–Kier alpha value is -3.22. The zero-order chi connectivity index (χ0) is 19.4. The highest BCUT2D eigenvalue weighted by Crippen LogP contribution is 2.25. The zero-order valence-electron chi connectivity index (χ0n) is 15.1. The maximum atomic E-state index is 12.4. The van der Waals surface area contributed by atoms with Crippen LogP contribution in [-0.2, 0) is 22.6 Å². The van der Waals surface area contributed by atoms with Crippen LogP contribution in [0.5, 0.6) is 0 Å². The minimum atomic E-state index is -0.464. The molecule has 140 valence electrons. The van der Waals surface area contributed by atoms with Gasteiger partial charge in [-0.1, -0.05) is 31.2 Å². The first-order chi connectivity index (χ1) is 13.0. The van der Waals surface area contributed by atoms with Gasteiger partial charge in [-0.3, -0.25) is 19.7 Å². The van der Waals surface area contributed by atoms with Crippen molar-refractivity contribution in [3.63, 3.8) is 0 Å². The third-order valence-corrected chi connectivity index (χ3v) is 4.77. The van der Waals surface area contributed by atoms with E-state index in [1.54, 1.807) is 17.0 Å². The number of amides is 2. The van der Waals surface area contributed by atoms with E-state index in [1.165, 1.54) is 17.7 Å². The van der Waals surface area contributed by atoms with Crippen molar-refractivity contribution in [2.45, 2.75) is 26.3 Å². The Labute approximate surface area is 157 Å². The molecular weight excluding hydrogens is 346 g/mol. The summed E-state index contributed by atoms with van der Waals surface area (Å²) >= 11 is 0. The van der Waals surface area contributed by atoms with E-state index in [9.17, 15) is 19.7 Å². The Bertz CT molecular complexity index is 847. The molecule has 2 aromatic rings. The van der Waals surface area contributed by atoms with E-state index in [-0.39, 0.29) is 30.5 Å². The molecule has 1 aliphatic heterocycles. The molecule has 1 aliphatic rings. The van der Waals surface area contributed by atoms with Crippen LogP contribution in [0.15, 0.2) is 48.5 Å². The van der Waals surface area contributed by atoms with E-state index >= 15 is 0 Å². The maximum absolute atomic E-state index is 12.4. The SMILES string of the molecule is CCc1ccc(N2CC(C(=O)NCc3ccc([N+](=O)[O-])cc3)CC2=O)cc1. The smallest absolute Gasteiger partial charge is 0.269 e. The van der Waals surface area contributed by atoms with Crippen LogP contribution in [0.2, 0.25) is 0 Å². The van der Waals surface area contributed by atoms with Crippen molar-refractivity contribution in [3.05, 3.63) is 69.8 Å². The molecular formula is C20H21N3O4. The van der Waals surface area contributed by atoms with Gasteiger partial charge in [-0.2, -0.15) is 0 Å². The van der Waals surface area contributed by atoms with Crippen LogP contribution in [0.3, 0.4) is 0 Å². The highest BCUT2D eigenvalue weighted by atomic mass is 16.6. The minimum Gasteiger partial charge on any atom is -0.352 e. The molecule has 0 saturated carbocycles. The summed E-state index contributed by atoms with van der Waals surface area (Å²) in [6.45, 7) is 2.70. The molecule has 2 aromatic carbocycles. The third kappa shape index (κ3) is 4.31. The molecule has 0 spiro atoms. The molecule has 7 heteroatoms. The Morgan fingerprint density at radius 1 is 1.15 bits per heavy atom. The fourth-order valence-corrected chi connectivity index (χ4v) is 3.11. The summed E-state index contributed by atoms with van der Waals surface area (Å²) in [5, 5.41) is 13.5. The van der Waals surface area contributed by atoms with Gasteiger partial charge in [-0.05, 0) is 29.7 Å². The second kappa shape index (κ2) is 7.99. The Morgan fingerprint density at radius 3 is 2.37 bits per heavy atom. The van der Waals surface area contributed by atoms with E-state index < -0.39 is 10.8 Å². The second-order valence-electron chi connectivity index (χ2n) is 6.57. The summed E-state index contributed by atoms with van der Waals surface area (Å²) in [5.74, 6) is -0.648. The predicted octanol–water partition coefficient (Wildman–Crippen LogP) is 2.83. The molecule has 1 N–H and O–H groups in total. The summed E-state index contributed by atoms with van der Waals surface area (Å²) in [6, 6.07) is 13.8. The van der Waals surface area contributed by atoms with Gasteiger partial charge in [0.15, 0.2) is 0 Å². The summed E-state index contributed by atoms with van der Waals surface area (Å²) in [4.78, 5) is 36.6. The number of anilines is 1. The molecule has 0 bridgehead atoms. The average molecular weight is 367 g/mol. The number of nitro benzene ring substituents is 1. The van der Waals surface area contributed by atoms with Gasteiger partial charge in [0.25, 0.3) is 5.69 Å². The highest BCUT2D eigenvalue weighted by Gasteiger charge is 2.34. The van der Waals surface area contributed by atoms with Gasteiger partial charge in [-0.25, -0.2) is 0 Å². The number of nitro groups is 1. The Balaban J connectivity index is 1.57. The van der Waals surface area contributed by atoms with Crippen LogP contribution < -0.4 is 10.2 Å². The topological polar surface area (TPSA) is 92.6 Å². The number of hydrogen-bond acceptors (Lipinski definition) is 4. The van der Waals surface area contributed by atoms with Crippen molar-refractivity contribution in [2.75, 3.05) is 11.4 Å². The van der Waals surface area contributed by atoms with E-state index in [0.29, 0.717) is 6.54 Å². The van der Waals surface area contributed by atoms with Crippen LogP contribution in [0.1, 0.15) is 24.5 Å². The quantitative estimate of drug-likeness (QED) is 0.628. The number of carbonyl (C=O) groups excluding carboxylic acids is 2. The molecule has 2 amide bonds. The number of nitrogens with zero attached hydrogens (tertiary/aromatic N) is 2. The number of aryl methyl sites for hydroxylation is 1. The van der Waals surface area contributed by atoms with Gasteiger partial charge < -0.3 is 10.2 Å². The minimum absolute atomic E-state index is 0.0104. The molecule has 0 radical (unpaired) electrons. The highest BCUT2D eigenvalue weighted by molar-refractivity contribution is 6.00. The lowest BCUT2D eigenvalue weighted by Gasteiger charge is -2.17. The lowest BCUT2D eigenvalue weighted by molar-refractivity contribution is -0.384. The first-order valence-electron chi connectivity index (χ1n) is 8.88. The second-order valence-corrected chi connectivity index (χ2v) is 6.57. The zero-order valence-corrected chi connectivity index (χ0v) is 15.1. The third-order valence-electron chi connectivity index (χ3n) is 4.77. The molecule has 1 heterocycles. The fourth-order valence-electron chi connectivity index (χ4n) is 3.11. The summed E-state index contributed by atoms with van der Waals surface area (Å²) in [5.41, 5.74) is 2.78. The van der Waals surface area contributed by atoms with Crippen LogP contribution >= 0.6 is 0 Å².